The van der Waals surface area contributed by atoms with Crippen LogP contribution in [-0.2, 0) is 5.72 Å². The number of likely N-dealkylation sites (tertiary alicyclic amines) is 1. The molecule has 0 spiro atoms. The zero-order chi connectivity index (χ0) is 20.4. The number of fused-ring (bicyclic) bond motifs is 1. The Kier molecular flexibility index (Phi) is 4.91. The van der Waals surface area contributed by atoms with Crippen molar-refractivity contribution in [2.75, 3.05) is 13.1 Å². The molecule has 1 fully saturated rings. The first-order chi connectivity index (χ1) is 14.8. The van der Waals surface area contributed by atoms with Gasteiger partial charge in [-0.3, -0.25) is 4.90 Å². The molecule has 0 radical (unpaired) electrons. The van der Waals surface area contributed by atoms with Crippen LogP contribution in [0.25, 0.3) is 5.57 Å². The molecule has 30 heavy (non-hydrogen) atoms. The molecule has 0 saturated carbocycles. The molecule has 2 nitrogen and oxygen atoms in total. The van der Waals surface area contributed by atoms with E-state index in [1.807, 2.05) is 24.3 Å². The molecule has 5 rings (SSSR count). The van der Waals surface area contributed by atoms with Crippen molar-refractivity contribution in [1.29, 1.82) is 0 Å². The van der Waals surface area contributed by atoms with E-state index in [-0.39, 0.29) is 0 Å². The summed E-state index contributed by atoms with van der Waals surface area (Å²) in [6.07, 6.45) is 2.38. The van der Waals surface area contributed by atoms with Crippen molar-refractivity contribution in [2.24, 2.45) is 0 Å². The standard InChI is InChI=1S/C28H25NO/c1-22-25(19-18-23-12-4-2-5-13-23)26-16-8-9-17-27(26)30-28(22,29-20-10-11-21-29)24-14-6-3-7-15-24/h2-9,12-17H,10-11,20-21H2,1H3. The molecule has 0 aromatic heterocycles. The molecule has 1 saturated heterocycles. The lowest BCUT2D eigenvalue weighted by molar-refractivity contribution is -0.0493. The van der Waals surface area contributed by atoms with Gasteiger partial charge in [-0.1, -0.05) is 72.5 Å². The number of allylic oxidation sites excluding steroid dienone is 1. The number of ether oxygens (including phenoxy) is 1. The van der Waals surface area contributed by atoms with Crippen LogP contribution in [0, 0.1) is 11.8 Å². The quantitative estimate of drug-likeness (QED) is 0.508. The minimum atomic E-state index is -0.618. The fourth-order valence-electron chi connectivity index (χ4n) is 4.64. The number of nitrogens with zero attached hydrogens (tertiary/aromatic N) is 1. The van der Waals surface area contributed by atoms with Crippen LogP contribution in [-0.4, -0.2) is 18.0 Å². The first-order valence-electron chi connectivity index (χ1n) is 10.7. The van der Waals surface area contributed by atoms with Gasteiger partial charge in [0, 0.05) is 40.9 Å². The third kappa shape index (κ3) is 3.12. The number of hydrogen-bond donors (Lipinski definition) is 0. The van der Waals surface area contributed by atoms with Gasteiger partial charge >= 0.3 is 0 Å². The van der Waals surface area contributed by atoms with Gasteiger partial charge in [-0.2, -0.15) is 0 Å². The Labute approximate surface area is 178 Å². The van der Waals surface area contributed by atoms with Crippen LogP contribution in [0.15, 0.2) is 90.5 Å². The van der Waals surface area contributed by atoms with E-state index >= 15 is 0 Å². The molecule has 3 aromatic rings. The van der Waals surface area contributed by atoms with E-state index in [2.05, 4.69) is 84.3 Å². The molecule has 2 heterocycles. The lowest BCUT2D eigenvalue weighted by atomic mass is 9.84. The van der Waals surface area contributed by atoms with Gasteiger partial charge in [-0.25, -0.2) is 0 Å². The van der Waals surface area contributed by atoms with Crippen molar-refractivity contribution < 1.29 is 4.74 Å². The Bertz CT molecular complexity index is 1130. The van der Waals surface area contributed by atoms with Crippen molar-refractivity contribution in [2.45, 2.75) is 25.5 Å². The minimum Gasteiger partial charge on any atom is -0.464 e. The average Bonchev–Trinajstić information content (AvgIpc) is 3.35. The molecule has 2 heteroatoms. The first-order valence-corrected chi connectivity index (χ1v) is 10.7. The average molecular weight is 392 g/mol. The van der Waals surface area contributed by atoms with Crippen LogP contribution in [0.2, 0.25) is 0 Å². The summed E-state index contributed by atoms with van der Waals surface area (Å²) in [6, 6.07) is 29.1. The maximum absolute atomic E-state index is 6.88. The predicted molar refractivity (Wildman–Crippen MR) is 122 cm³/mol. The summed E-state index contributed by atoms with van der Waals surface area (Å²) < 4.78 is 6.88. The summed E-state index contributed by atoms with van der Waals surface area (Å²) in [5, 5.41) is 0. The van der Waals surface area contributed by atoms with E-state index in [0.717, 1.165) is 46.7 Å². The second-order valence-corrected chi connectivity index (χ2v) is 7.92. The predicted octanol–water partition coefficient (Wildman–Crippen LogP) is 5.85. The third-order valence-electron chi connectivity index (χ3n) is 6.12. The molecule has 0 aliphatic carbocycles. The molecule has 148 valence electrons. The normalized spacial score (nSPS) is 20.8. The van der Waals surface area contributed by atoms with Gasteiger partial charge in [0.1, 0.15) is 5.75 Å². The zero-order valence-corrected chi connectivity index (χ0v) is 17.3. The maximum atomic E-state index is 6.88. The van der Waals surface area contributed by atoms with Crippen molar-refractivity contribution in [1.82, 2.24) is 4.90 Å². The van der Waals surface area contributed by atoms with Gasteiger partial charge in [0.2, 0.25) is 5.72 Å². The summed E-state index contributed by atoms with van der Waals surface area (Å²) in [4.78, 5) is 2.48. The van der Waals surface area contributed by atoms with Crippen LogP contribution >= 0.6 is 0 Å². The molecule has 2 aliphatic rings. The van der Waals surface area contributed by atoms with E-state index < -0.39 is 5.72 Å². The van der Waals surface area contributed by atoms with E-state index in [9.17, 15) is 0 Å². The molecule has 1 unspecified atom stereocenters. The first kappa shape index (κ1) is 18.7. The topological polar surface area (TPSA) is 12.5 Å². The van der Waals surface area contributed by atoms with E-state index in [1.54, 1.807) is 0 Å². The van der Waals surface area contributed by atoms with Crippen molar-refractivity contribution in [3.8, 4) is 17.6 Å². The molecule has 1 atom stereocenters. The highest BCUT2D eigenvalue weighted by atomic mass is 16.5. The van der Waals surface area contributed by atoms with E-state index in [4.69, 9.17) is 4.74 Å². The van der Waals surface area contributed by atoms with Crippen LogP contribution in [0.4, 0.5) is 0 Å². The van der Waals surface area contributed by atoms with Crippen molar-refractivity contribution in [3.05, 3.63) is 107 Å². The lowest BCUT2D eigenvalue weighted by Gasteiger charge is -2.46. The van der Waals surface area contributed by atoms with E-state index in [0.29, 0.717) is 0 Å². The Balaban J connectivity index is 1.75. The number of rotatable bonds is 2. The van der Waals surface area contributed by atoms with Crippen LogP contribution in [0.1, 0.15) is 36.5 Å². The third-order valence-corrected chi connectivity index (χ3v) is 6.12. The van der Waals surface area contributed by atoms with Crippen LogP contribution in [0.3, 0.4) is 0 Å². The molecular formula is C28H25NO. The van der Waals surface area contributed by atoms with Crippen LogP contribution < -0.4 is 4.74 Å². The zero-order valence-electron chi connectivity index (χ0n) is 17.3. The SMILES string of the molecule is CC1=C(C#Cc2ccccc2)c2ccccc2OC1(c1ccccc1)N1CCCC1. The number of para-hydroxylation sites is 1. The molecular weight excluding hydrogens is 366 g/mol. The lowest BCUT2D eigenvalue weighted by Crippen LogP contribution is -2.51. The molecule has 0 amide bonds. The monoisotopic (exact) mass is 391 g/mol. The Hall–Kier alpha value is -3.28. The summed E-state index contributed by atoms with van der Waals surface area (Å²) in [6.45, 7) is 4.23. The summed E-state index contributed by atoms with van der Waals surface area (Å²) >= 11 is 0. The maximum Gasteiger partial charge on any atom is 0.213 e. The highest BCUT2D eigenvalue weighted by molar-refractivity contribution is 5.87. The summed E-state index contributed by atoms with van der Waals surface area (Å²) in [5.74, 6) is 7.80. The highest BCUT2D eigenvalue weighted by Crippen LogP contribution is 2.48. The summed E-state index contributed by atoms with van der Waals surface area (Å²) in [7, 11) is 0. The second kappa shape index (κ2) is 7.86. The van der Waals surface area contributed by atoms with Gasteiger partial charge in [0.15, 0.2) is 0 Å². The molecule has 0 bridgehead atoms. The Morgan fingerprint density at radius 3 is 2.13 bits per heavy atom. The minimum absolute atomic E-state index is 0.618. The van der Waals surface area contributed by atoms with Crippen LogP contribution in [0.5, 0.6) is 5.75 Å². The van der Waals surface area contributed by atoms with Gasteiger partial charge in [0.25, 0.3) is 0 Å². The van der Waals surface area contributed by atoms with Crippen molar-refractivity contribution in [3.63, 3.8) is 0 Å². The van der Waals surface area contributed by atoms with Gasteiger partial charge < -0.3 is 4.74 Å². The number of benzene rings is 3. The number of hydrogen-bond acceptors (Lipinski definition) is 2. The summed E-state index contributed by atoms with van der Waals surface area (Å²) in [5.41, 5.74) is 4.87. The Morgan fingerprint density at radius 1 is 0.767 bits per heavy atom. The molecule has 2 aliphatic heterocycles. The largest absolute Gasteiger partial charge is 0.464 e. The fourth-order valence-corrected chi connectivity index (χ4v) is 4.64. The second-order valence-electron chi connectivity index (χ2n) is 7.92. The van der Waals surface area contributed by atoms with Gasteiger partial charge in [0.05, 0.1) is 0 Å². The van der Waals surface area contributed by atoms with Crippen molar-refractivity contribution >= 4 is 5.57 Å². The Morgan fingerprint density at radius 2 is 1.40 bits per heavy atom. The fraction of sp³-hybridized carbons (Fsp3) is 0.214. The highest BCUT2D eigenvalue weighted by Gasteiger charge is 2.47. The van der Waals surface area contributed by atoms with Gasteiger partial charge in [-0.15, -0.1) is 0 Å². The van der Waals surface area contributed by atoms with Gasteiger partial charge in [-0.05, 0) is 44.0 Å². The molecule has 0 N–H and O–H groups in total. The smallest absolute Gasteiger partial charge is 0.213 e. The van der Waals surface area contributed by atoms with E-state index in [1.165, 1.54) is 12.8 Å². The molecule has 3 aromatic carbocycles.